The first-order chi connectivity index (χ1) is 5.93. The molecule has 1 aromatic rings. The summed E-state index contributed by atoms with van der Waals surface area (Å²) in [6.07, 6.45) is 0. The van der Waals surface area contributed by atoms with E-state index in [0.29, 0.717) is 0 Å². The minimum Gasteiger partial charge on any atom is -0.232 e. The summed E-state index contributed by atoms with van der Waals surface area (Å²) in [5.74, 6) is 0.966. The lowest BCUT2D eigenvalue weighted by molar-refractivity contribution is 1.16. The highest BCUT2D eigenvalue weighted by molar-refractivity contribution is 7.99. The van der Waals surface area contributed by atoms with Crippen molar-refractivity contribution in [2.45, 2.75) is 4.90 Å². The molecule has 0 atom stereocenters. The van der Waals surface area contributed by atoms with Crippen molar-refractivity contribution in [3.05, 3.63) is 30.3 Å². The van der Waals surface area contributed by atoms with E-state index < -0.39 is 0 Å². The zero-order valence-electron chi connectivity index (χ0n) is 6.56. The molecule has 0 fully saturated rings. The molecule has 1 rings (SSSR count). The molecular formula is C9H9NS2. The van der Waals surface area contributed by atoms with E-state index >= 15 is 0 Å². The molecule has 1 nitrogen and oxygen atoms in total. The van der Waals surface area contributed by atoms with Crippen LogP contribution in [0.4, 0.5) is 0 Å². The predicted molar refractivity (Wildman–Crippen MR) is 57.1 cm³/mol. The first kappa shape index (κ1) is 9.46. The van der Waals surface area contributed by atoms with Gasteiger partial charge in [0.2, 0.25) is 0 Å². The zero-order chi connectivity index (χ0) is 8.65. The van der Waals surface area contributed by atoms with Crippen molar-refractivity contribution in [2.24, 2.45) is 4.99 Å². The summed E-state index contributed by atoms with van der Waals surface area (Å²) in [7, 11) is 0. The van der Waals surface area contributed by atoms with Gasteiger partial charge in [-0.25, -0.2) is 4.99 Å². The number of thiocarbonyl (C=S) groups is 1. The van der Waals surface area contributed by atoms with E-state index in [1.165, 1.54) is 4.90 Å². The van der Waals surface area contributed by atoms with Crippen molar-refractivity contribution >= 4 is 29.1 Å². The van der Waals surface area contributed by atoms with E-state index in [2.05, 4.69) is 34.5 Å². The van der Waals surface area contributed by atoms with Gasteiger partial charge in [-0.15, -0.1) is 11.8 Å². The molecule has 0 amide bonds. The van der Waals surface area contributed by atoms with E-state index in [0.717, 1.165) is 12.3 Å². The number of rotatable bonds is 4. The maximum absolute atomic E-state index is 4.46. The lowest BCUT2D eigenvalue weighted by atomic mass is 10.4. The van der Waals surface area contributed by atoms with Crippen LogP contribution >= 0.6 is 24.0 Å². The monoisotopic (exact) mass is 195 g/mol. The average Bonchev–Trinajstić information content (AvgIpc) is 2.14. The second-order valence-electron chi connectivity index (χ2n) is 2.13. The highest BCUT2D eigenvalue weighted by atomic mass is 32.2. The summed E-state index contributed by atoms with van der Waals surface area (Å²) >= 11 is 6.24. The van der Waals surface area contributed by atoms with Crippen molar-refractivity contribution < 1.29 is 0 Å². The van der Waals surface area contributed by atoms with E-state index in [1.807, 2.05) is 18.2 Å². The highest BCUT2D eigenvalue weighted by Gasteiger charge is 1.89. The zero-order valence-corrected chi connectivity index (χ0v) is 8.20. The molecule has 0 saturated heterocycles. The second-order valence-corrected chi connectivity index (χ2v) is 3.49. The maximum Gasteiger partial charge on any atom is 0.0587 e. The Labute approximate surface area is 81.9 Å². The van der Waals surface area contributed by atoms with Gasteiger partial charge in [0.25, 0.3) is 0 Å². The van der Waals surface area contributed by atoms with Crippen LogP contribution in [0.2, 0.25) is 0 Å². The SMILES string of the molecule is S=C=NCCSc1ccccc1. The van der Waals surface area contributed by atoms with Crippen LogP contribution in [0.15, 0.2) is 40.2 Å². The average molecular weight is 195 g/mol. The van der Waals surface area contributed by atoms with E-state index in [9.17, 15) is 0 Å². The molecule has 0 bridgehead atoms. The molecule has 0 heterocycles. The fraction of sp³-hybridized carbons (Fsp3) is 0.222. The van der Waals surface area contributed by atoms with Crippen molar-refractivity contribution in [3.63, 3.8) is 0 Å². The van der Waals surface area contributed by atoms with Crippen LogP contribution in [0, 0.1) is 0 Å². The minimum absolute atomic E-state index is 0.753. The molecule has 0 N–H and O–H groups in total. The van der Waals surface area contributed by atoms with Crippen LogP contribution in [0.1, 0.15) is 0 Å². The fourth-order valence-corrected chi connectivity index (χ4v) is 1.63. The molecule has 1 aromatic carbocycles. The summed E-state index contributed by atoms with van der Waals surface area (Å²) in [6.45, 7) is 0.753. The molecule has 62 valence electrons. The molecule has 0 aliphatic heterocycles. The number of thioether (sulfide) groups is 1. The molecule has 0 aliphatic carbocycles. The van der Waals surface area contributed by atoms with Crippen LogP contribution < -0.4 is 0 Å². The number of nitrogens with zero attached hydrogens (tertiary/aromatic N) is 1. The van der Waals surface area contributed by atoms with Gasteiger partial charge in [-0.05, 0) is 24.4 Å². The standard InChI is InChI=1S/C9H9NS2/c11-8-10-6-7-12-9-4-2-1-3-5-9/h1-5H,6-7H2. The van der Waals surface area contributed by atoms with Gasteiger partial charge in [-0.1, -0.05) is 18.2 Å². The number of hydrogen-bond donors (Lipinski definition) is 0. The molecule has 0 unspecified atom stereocenters. The highest BCUT2D eigenvalue weighted by Crippen LogP contribution is 2.15. The van der Waals surface area contributed by atoms with Gasteiger partial charge in [0.15, 0.2) is 0 Å². The largest absolute Gasteiger partial charge is 0.232 e. The van der Waals surface area contributed by atoms with Gasteiger partial charge in [0.05, 0.1) is 11.7 Å². The third-order valence-corrected chi connectivity index (χ3v) is 2.40. The quantitative estimate of drug-likeness (QED) is 0.317. The van der Waals surface area contributed by atoms with Gasteiger partial charge < -0.3 is 0 Å². The smallest absolute Gasteiger partial charge is 0.0587 e. The van der Waals surface area contributed by atoms with Gasteiger partial charge in [0, 0.05) is 10.6 Å². The Bertz CT molecular complexity index is 265. The molecule has 0 saturated carbocycles. The van der Waals surface area contributed by atoms with Crippen molar-refractivity contribution in [2.75, 3.05) is 12.3 Å². The number of benzene rings is 1. The Morgan fingerprint density at radius 2 is 2.08 bits per heavy atom. The van der Waals surface area contributed by atoms with Gasteiger partial charge in [0.1, 0.15) is 0 Å². The first-order valence-electron chi connectivity index (χ1n) is 3.65. The Morgan fingerprint density at radius 3 is 2.75 bits per heavy atom. The van der Waals surface area contributed by atoms with Crippen LogP contribution in [-0.2, 0) is 0 Å². The Balaban J connectivity index is 2.29. The van der Waals surface area contributed by atoms with Crippen molar-refractivity contribution in [1.82, 2.24) is 0 Å². The molecule has 0 radical (unpaired) electrons. The molecular weight excluding hydrogens is 186 g/mol. The fourth-order valence-electron chi connectivity index (χ4n) is 0.772. The van der Waals surface area contributed by atoms with Gasteiger partial charge >= 0.3 is 0 Å². The molecule has 12 heavy (non-hydrogen) atoms. The third-order valence-electron chi connectivity index (χ3n) is 1.28. The van der Waals surface area contributed by atoms with Gasteiger partial charge in [-0.2, -0.15) is 0 Å². The summed E-state index contributed by atoms with van der Waals surface area (Å²) in [5.41, 5.74) is 0. The molecule has 0 aromatic heterocycles. The summed E-state index contributed by atoms with van der Waals surface area (Å²) in [4.78, 5) is 5.11. The van der Waals surface area contributed by atoms with Crippen LogP contribution in [0.25, 0.3) is 0 Å². The summed E-state index contributed by atoms with van der Waals surface area (Å²) < 4.78 is 0. The Morgan fingerprint density at radius 1 is 1.33 bits per heavy atom. The number of aliphatic imine (C=N–C) groups is 1. The van der Waals surface area contributed by atoms with Crippen molar-refractivity contribution in [3.8, 4) is 0 Å². The van der Waals surface area contributed by atoms with E-state index in [-0.39, 0.29) is 0 Å². The number of isothiocyanates is 1. The van der Waals surface area contributed by atoms with Crippen molar-refractivity contribution in [1.29, 1.82) is 0 Å². The lowest BCUT2D eigenvalue weighted by Crippen LogP contribution is -1.83. The third kappa shape index (κ3) is 3.67. The lowest BCUT2D eigenvalue weighted by Gasteiger charge is -1.96. The first-order valence-corrected chi connectivity index (χ1v) is 5.04. The van der Waals surface area contributed by atoms with Crippen LogP contribution in [0.3, 0.4) is 0 Å². The normalized spacial score (nSPS) is 9.00. The predicted octanol–water partition coefficient (Wildman–Crippen LogP) is 2.88. The second kappa shape index (κ2) is 5.95. The van der Waals surface area contributed by atoms with Gasteiger partial charge in [-0.3, -0.25) is 0 Å². The van der Waals surface area contributed by atoms with E-state index in [1.54, 1.807) is 11.8 Å². The van der Waals surface area contributed by atoms with E-state index in [4.69, 9.17) is 0 Å². The molecule has 0 aliphatic rings. The number of hydrogen-bond acceptors (Lipinski definition) is 3. The molecule has 0 spiro atoms. The minimum atomic E-state index is 0.753. The van der Waals surface area contributed by atoms with Crippen LogP contribution in [0.5, 0.6) is 0 Å². The Kier molecular flexibility index (Phi) is 4.69. The Hall–Kier alpha value is -0.630. The summed E-state index contributed by atoms with van der Waals surface area (Å²) in [6, 6.07) is 10.3. The topological polar surface area (TPSA) is 12.4 Å². The summed E-state index contributed by atoms with van der Waals surface area (Å²) in [5, 5.41) is 2.35. The van der Waals surface area contributed by atoms with Crippen LogP contribution in [-0.4, -0.2) is 17.5 Å². The molecule has 3 heteroatoms. The maximum atomic E-state index is 4.46.